The summed E-state index contributed by atoms with van der Waals surface area (Å²) in [5, 5.41) is 14.2. The van der Waals surface area contributed by atoms with Crippen LogP contribution in [-0.2, 0) is 0 Å². The van der Waals surface area contributed by atoms with E-state index in [0.29, 0.717) is 0 Å². The molecule has 0 radical (unpaired) electrons. The van der Waals surface area contributed by atoms with E-state index >= 15 is 0 Å². The maximum Gasteiger partial charge on any atom is 0.0971 e. The number of nitrogens with zero attached hydrogens (tertiary/aromatic N) is 6. The predicted octanol–water partition coefficient (Wildman–Crippen LogP) is 18.8. The smallest absolute Gasteiger partial charge is 0.0971 e. The summed E-state index contributed by atoms with van der Waals surface area (Å²) in [6.07, 6.45) is 4.11. The van der Waals surface area contributed by atoms with E-state index in [2.05, 4.69) is 286 Å². The van der Waals surface area contributed by atoms with E-state index in [1.165, 1.54) is 53.9 Å². The third-order valence-electron chi connectivity index (χ3n) is 15.6. The van der Waals surface area contributed by atoms with Crippen LogP contribution in [0.25, 0.3) is 109 Å². The van der Waals surface area contributed by atoms with Crippen molar-refractivity contribution in [3.8, 4) is 11.4 Å². The number of hydrogen-bond donors (Lipinski definition) is 0. The minimum atomic E-state index is 0.960. The number of hydrogen-bond acceptors (Lipinski definition) is 4. The predicted molar refractivity (Wildman–Crippen MR) is 319 cm³/mol. The first-order valence-corrected chi connectivity index (χ1v) is 25.9. The molecule has 0 saturated heterocycles. The molecule has 4 heterocycles. The van der Waals surface area contributed by atoms with E-state index < -0.39 is 0 Å². The SMILES string of the molecule is c1ccc(N(c2ccc3ccccc3c2)c2cnc3c4c5ccc6cc7c(c8ccc(cc4n(-c4ccccc4)c3c2)c5c68)c2ncc(N(c3ccccc3)c3ccc4ccccc4c3)cc2n7-c2ccccc2)cc1. The van der Waals surface area contributed by atoms with Gasteiger partial charge in [-0.15, -0.1) is 0 Å². The molecule has 354 valence electrons. The minimum absolute atomic E-state index is 0.960. The van der Waals surface area contributed by atoms with E-state index in [1.54, 1.807) is 0 Å². The van der Waals surface area contributed by atoms with E-state index in [4.69, 9.17) is 9.97 Å². The fraction of sp³-hybridized carbons (Fsp3) is 0. The zero-order chi connectivity index (χ0) is 49.8. The third kappa shape index (κ3) is 6.41. The average Bonchev–Trinajstić information content (AvgIpc) is 4.16. The quantitative estimate of drug-likeness (QED) is 0.142. The number of aromatic nitrogens is 4. The lowest BCUT2D eigenvalue weighted by Gasteiger charge is -2.25. The molecule has 4 aromatic heterocycles. The third-order valence-corrected chi connectivity index (χ3v) is 15.6. The molecular weight excluding hydrogens is 925 g/mol. The Hall–Kier alpha value is -10.3. The molecule has 0 aliphatic rings. The van der Waals surface area contributed by atoms with Crippen LogP contribution in [-0.4, -0.2) is 19.1 Å². The standard InChI is InChI=1S/C70H44N6/c1-5-21-51(22-6-1)73(55-33-29-45-17-13-15-19-47(45)37-55)57-41-63-69(71-43-57)67-59-35-31-50-40-62-68(60-36-32-49(65(59)66(50)60)39-61(67)75(63)53-25-9-3-10-26-53)70-64(76(62)54-27-11-4-12-28-54)42-58(44-72-70)74(52-23-7-2-8-24-52)56-34-30-46-18-14-16-20-48(46)38-56/h1-44H. The Kier molecular flexibility index (Phi) is 9.23. The van der Waals surface area contributed by atoms with Crippen molar-refractivity contribution >= 4 is 132 Å². The second-order valence-corrected chi connectivity index (χ2v) is 19.8. The Labute approximate surface area is 437 Å². The van der Waals surface area contributed by atoms with Gasteiger partial charge in [0.15, 0.2) is 0 Å². The number of para-hydroxylation sites is 4. The summed E-state index contributed by atoms with van der Waals surface area (Å²) < 4.78 is 4.81. The summed E-state index contributed by atoms with van der Waals surface area (Å²) in [7, 11) is 0. The number of pyridine rings is 2. The van der Waals surface area contributed by atoms with Crippen molar-refractivity contribution < 1.29 is 0 Å². The molecule has 76 heavy (non-hydrogen) atoms. The summed E-state index contributed by atoms with van der Waals surface area (Å²) in [6.45, 7) is 0. The summed E-state index contributed by atoms with van der Waals surface area (Å²) in [5.41, 5.74) is 14.6. The summed E-state index contributed by atoms with van der Waals surface area (Å²) in [5.74, 6) is 0. The molecule has 0 fully saturated rings. The van der Waals surface area contributed by atoms with Crippen LogP contribution in [0.2, 0.25) is 0 Å². The minimum Gasteiger partial charge on any atom is -0.309 e. The zero-order valence-electron chi connectivity index (χ0n) is 41.1. The van der Waals surface area contributed by atoms with Crippen LogP contribution in [0.4, 0.5) is 34.1 Å². The van der Waals surface area contributed by atoms with Crippen LogP contribution in [0.5, 0.6) is 0 Å². The summed E-state index contributed by atoms with van der Waals surface area (Å²) in [6, 6.07) is 91.9. The van der Waals surface area contributed by atoms with Gasteiger partial charge < -0.3 is 18.9 Å². The summed E-state index contributed by atoms with van der Waals surface area (Å²) in [4.78, 5) is 15.6. The Bertz CT molecular complexity index is 4620. The summed E-state index contributed by atoms with van der Waals surface area (Å²) >= 11 is 0. The van der Waals surface area contributed by atoms with Crippen molar-refractivity contribution in [2.45, 2.75) is 0 Å². The van der Waals surface area contributed by atoms with Gasteiger partial charge in [0, 0.05) is 44.9 Å². The first-order chi connectivity index (χ1) is 37.7. The lowest BCUT2D eigenvalue weighted by Crippen LogP contribution is -2.10. The van der Waals surface area contributed by atoms with Crippen molar-refractivity contribution in [2.24, 2.45) is 0 Å². The molecule has 0 bridgehead atoms. The van der Waals surface area contributed by atoms with E-state index in [1.807, 2.05) is 0 Å². The van der Waals surface area contributed by atoms with Crippen LogP contribution in [0.1, 0.15) is 0 Å². The van der Waals surface area contributed by atoms with Crippen molar-refractivity contribution in [3.63, 3.8) is 0 Å². The number of anilines is 6. The zero-order valence-corrected chi connectivity index (χ0v) is 41.1. The van der Waals surface area contributed by atoms with Crippen molar-refractivity contribution in [1.29, 1.82) is 0 Å². The molecule has 0 N–H and O–H groups in total. The Morgan fingerprint density at radius 2 is 0.618 bits per heavy atom. The molecule has 12 aromatic carbocycles. The maximum absolute atomic E-state index is 5.50. The largest absolute Gasteiger partial charge is 0.309 e. The molecule has 0 atom stereocenters. The van der Waals surface area contributed by atoms with Gasteiger partial charge in [-0.1, -0.05) is 158 Å². The first-order valence-electron chi connectivity index (χ1n) is 25.9. The van der Waals surface area contributed by atoms with Gasteiger partial charge in [0.05, 0.1) is 56.9 Å². The highest BCUT2D eigenvalue weighted by atomic mass is 15.2. The molecule has 16 rings (SSSR count). The van der Waals surface area contributed by atoms with Gasteiger partial charge in [0.2, 0.25) is 0 Å². The highest BCUT2D eigenvalue weighted by Crippen LogP contribution is 2.48. The van der Waals surface area contributed by atoms with Crippen LogP contribution in [0, 0.1) is 0 Å². The number of benzene rings is 12. The normalized spacial score (nSPS) is 11.9. The van der Waals surface area contributed by atoms with Crippen molar-refractivity contribution in [2.75, 3.05) is 9.80 Å². The second kappa shape index (κ2) is 16.6. The maximum atomic E-state index is 5.50. The molecule has 0 aliphatic heterocycles. The molecule has 6 heteroatoms. The van der Waals surface area contributed by atoms with Crippen LogP contribution in [0.3, 0.4) is 0 Å². The number of fused-ring (bicyclic) bond motifs is 10. The Morgan fingerprint density at radius 1 is 0.250 bits per heavy atom. The molecule has 0 saturated carbocycles. The number of rotatable bonds is 8. The topological polar surface area (TPSA) is 42.1 Å². The van der Waals surface area contributed by atoms with Gasteiger partial charge in [0.25, 0.3) is 0 Å². The van der Waals surface area contributed by atoms with Gasteiger partial charge in [-0.25, -0.2) is 0 Å². The highest BCUT2D eigenvalue weighted by molar-refractivity contribution is 6.37. The van der Waals surface area contributed by atoms with E-state index in [-0.39, 0.29) is 0 Å². The fourth-order valence-corrected chi connectivity index (χ4v) is 12.3. The molecule has 6 nitrogen and oxygen atoms in total. The first kappa shape index (κ1) is 42.2. The van der Waals surface area contributed by atoms with E-state index in [0.717, 1.165) is 89.4 Å². The van der Waals surface area contributed by atoms with Gasteiger partial charge in [-0.3, -0.25) is 9.97 Å². The van der Waals surface area contributed by atoms with Crippen LogP contribution < -0.4 is 9.80 Å². The Balaban J connectivity index is 0.946. The monoisotopic (exact) mass is 968 g/mol. The molecule has 0 aliphatic carbocycles. The fourth-order valence-electron chi connectivity index (χ4n) is 12.3. The molecular formula is C70H44N6. The van der Waals surface area contributed by atoms with Gasteiger partial charge in [-0.05, 0) is 151 Å². The lowest BCUT2D eigenvalue weighted by atomic mass is 9.91. The van der Waals surface area contributed by atoms with E-state index in [9.17, 15) is 0 Å². The Morgan fingerprint density at radius 3 is 1.04 bits per heavy atom. The van der Waals surface area contributed by atoms with Gasteiger partial charge in [0.1, 0.15) is 0 Å². The van der Waals surface area contributed by atoms with Crippen molar-refractivity contribution in [1.82, 2.24) is 19.1 Å². The highest BCUT2D eigenvalue weighted by Gasteiger charge is 2.26. The average molecular weight is 969 g/mol. The van der Waals surface area contributed by atoms with Crippen LogP contribution >= 0.6 is 0 Å². The molecule has 0 spiro atoms. The molecule has 0 unspecified atom stereocenters. The second-order valence-electron chi connectivity index (χ2n) is 19.8. The van der Waals surface area contributed by atoms with Crippen LogP contribution in [0.15, 0.2) is 267 Å². The van der Waals surface area contributed by atoms with Gasteiger partial charge in [-0.2, -0.15) is 0 Å². The van der Waals surface area contributed by atoms with Crippen molar-refractivity contribution in [3.05, 3.63) is 267 Å². The lowest BCUT2D eigenvalue weighted by molar-refractivity contribution is 1.17. The molecule has 0 amide bonds. The molecule has 16 aromatic rings. The van der Waals surface area contributed by atoms with Gasteiger partial charge >= 0.3 is 0 Å².